The highest BCUT2D eigenvalue weighted by molar-refractivity contribution is 6.34. The van der Waals surface area contributed by atoms with Crippen LogP contribution in [0, 0.1) is 0 Å². The van der Waals surface area contributed by atoms with Crippen molar-refractivity contribution in [3.05, 3.63) is 100 Å². The molecule has 4 aromatic rings. The Labute approximate surface area is 173 Å². The fraction of sp³-hybridized carbons (Fsp3) is 0.0833. The molecule has 0 aromatic heterocycles. The molecule has 4 heteroatoms. The van der Waals surface area contributed by atoms with Crippen molar-refractivity contribution in [1.82, 2.24) is 0 Å². The summed E-state index contributed by atoms with van der Waals surface area (Å²) in [6, 6.07) is 24.8. The molecule has 4 rings (SSSR count). The third-order valence-electron chi connectivity index (χ3n) is 4.67. The van der Waals surface area contributed by atoms with Crippen molar-refractivity contribution in [1.29, 1.82) is 0 Å². The van der Waals surface area contributed by atoms with E-state index in [-0.39, 0.29) is 5.75 Å². The van der Waals surface area contributed by atoms with E-state index in [9.17, 15) is 5.11 Å². The zero-order chi connectivity index (χ0) is 19.5. The summed E-state index contributed by atoms with van der Waals surface area (Å²) in [7, 11) is 0. The first kappa shape index (κ1) is 18.8. The van der Waals surface area contributed by atoms with Gasteiger partial charge in [-0.25, -0.2) is 0 Å². The quantitative estimate of drug-likeness (QED) is 0.377. The second-order valence-corrected chi connectivity index (χ2v) is 7.42. The van der Waals surface area contributed by atoms with Gasteiger partial charge in [-0.05, 0) is 46.2 Å². The minimum Gasteiger partial charge on any atom is -0.507 e. The second kappa shape index (κ2) is 8.24. The van der Waals surface area contributed by atoms with Crippen molar-refractivity contribution in [2.45, 2.75) is 13.2 Å². The van der Waals surface area contributed by atoms with Gasteiger partial charge >= 0.3 is 0 Å². The fourth-order valence-corrected chi connectivity index (χ4v) is 3.90. The van der Waals surface area contributed by atoms with Gasteiger partial charge in [-0.3, -0.25) is 0 Å². The molecule has 0 fully saturated rings. The van der Waals surface area contributed by atoms with Crippen LogP contribution in [0.2, 0.25) is 10.0 Å². The molecule has 2 nitrogen and oxygen atoms in total. The Morgan fingerprint density at radius 2 is 1.57 bits per heavy atom. The predicted octanol–water partition coefficient (Wildman–Crippen LogP) is 7.24. The summed E-state index contributed by atoms with van der Waals surface area (Å²) < 4.78 is 5.93. The molecule has 0 saturated carbocycles. The zero-order valence-electron chi connectivity index (χ0n) is 15.0. The van der Waals surface area contributed by atoms with Crippen LogP contribution in [0.25, 0.3) is 21.9 Å². The van der Waals surface area contributed by atoms with Gasteiger partial charge in [0.1, 0.15) is 5.75 Å². The third-order valence-corrected chi connectivity index (χ3v) is 5.22. The molecule has 1 N–H and O–H groups in total. The van der Waals surface area contributed by atoms with E-state index in [0.717, 1.165) is 33.0 Å². The lowest BCUT2D eigenvalue weighted by Crippen LogP contribution is -1.98. The van der Waals surface area contributed by atoms with Crippen LogP contribution < -0.4 is 0 Å². The predicted molar refractivity (Wildman–Crippen MR) is 116 cm³/mol. The number of halogens is 2. The van der Waals surface area contributed by atoms with Crippen molar-refractivity contribution in [3.63, 3.8) is 0 Å². The third kappa shape index (κ3) is 3.85. The van der Waals surface area contributed by atoms with E-state index in [4.69, 9.17) is 27.9 Å². The molecule has 0 heterocycles. The van der Waals surface area contributed by atoms with Gasteiger partial charge < -0.3 is 9.84 Å². The molecule has 0 aliphatic heterocycles. The van der Waals surface area contributed by atoms with E-state index in [1.54, 1.807) is 6.07 Å². The van der Waals surface area contributed by atoms with Gasteiger partial charge in [-0.1, -0.05) is 77.8 Å². The van der Waals surface area contributed by atoms with Crippen molar-refractivity contribution in [2.75, 3.05) is 0 Å². The lowest BCUT2D eigenvalue weighted by Gasteiger charge is -2.16. The first-order chi connectivity index (χ1) is 13.6. The van der Waals surface area contributed by atoms with E-state index in [0.29, 0.717) is 23.3 Å². The number of rotatable bonds is 5. The summed E-state index contributed by atoms with van der Waals surface area (Å²) in [5.41, 5.74) is 3.44. The summed E-state index contributed by atoms with van der Waals surface area (Å²) in [5, 5.41) is 13.9. The molecular weight excluding hydrogens is 391 g/mol. The zero-order valence-corrected chi connectivity index (χ0v) is 16.5. The van der Waals surface area contributed by atoms with Crippen LogP contribution in [-0.2, 0) is 18.0 Å². The van der Waals surface area contributed by atoms with Crippen molar-refractivity contribution >= 4 is 34.0 Å². The molecule has 0 aliphatic rings. The lowest BCUT2D eigenvalue weighted by atomic mass is 9.94. The molecule has 0 radical (unpaired) electrons. The standard InChI is InChI=1S/C24H18Cl2O2/c25-19-8-3-5-16(13-19)14-28-15-18-7-4-10-21(26)23(18)24-20-9-2-1-6-17(20)11-12-22(24)27/h1-13,27H,14-15H2. The van der Waals surface area contributed by atoms with Gasteiger partial charge in [0.05, 0.1) is 13.2 Å². The second-order valence-electron chi connectivity index (χ2n) is 6.58. The molecule has 0 saturated heterocycles. The first-order valence-corrected chi connectivity index (χ1v) is 9.70. The number of ether oxygens (including phenoxy) is 1. The molecule has 140 valence electrons. The molecule has 4 aromatic carbocycles. The molecule has 0 amide bonds. The number of phenols is 1. The van der Waals surface area contributed by atoms with Gasteiger partial charge in [0.2, 0.25) is 0 Å². The molecule has 0 bridgehead atoms. The van der Waals surface area contributed by atoms with Crippen molar-refractivity contribution < 1.29 is 9.84 Å². The maximum Gasteiger partial charge on any atom is 0.124 e. The average Bonchev–Trinajstić information content (AvgIpc) is 2.69. The number of hydrogen-bond acceptors (Lipinski definition) is 2. The monoisotopic (exact) mass is 408 g/mol. The highest BCUT2D eigenvalue weighted by atomic mass is 35.5. The van der Waals surface area contributed by atoms with Crippen LogP contribution in [0.4, 0.5) is 0 Å². The Morgan fingerprint density at radius 3 is 2.43 bits per heavy atom. The lowest BCUT2D eigenvalue weighted by molar-refractivity contribution is 0.107. The molecule has 0 spiro atoms. The van der Waals surface area contributed by atoms with Gasteiger partial charge in [-0.15, -0.1) is 0 Å². The van der Waals surface area contributed by atoms with Crippen LogP contribution >= 0.6 is 23.2 Å². The van der Waals surface area contributed by atoms with Gasteiger partial charge in [0.15, 0.2) is 0 Å². The molecule has 0 unspecified atom stereocenters. The molecule has 0 atom stereocenters. The number of benzene rings is 4. The van der Waals surface area contributed by atoms with Crippen LogP contribution in [0.5, 0.6) is 5.75 Å². The van der Waals surface area contributed by atoms with Crippen LogP contribution in [0.1, 0.15) is 11.1 Å². The molecule has 28 heavy (non-hydrogen) atoms. The fourth-order valence-electron chi connectivity index (χ4n) is 3.40. The Morgan fingerprint density at radius 1 is 0.750 bits per heavy atom. The number of aromatic hydroxyl groups is 1. The largest absolute Gasteiger partial charge is 0.507 e. The van der Waals surface area contributed by atoms with Gasteiger partial charge in [0, 0.05) is 21.2 Å². The van der Waals surface area contributed by atoms with E-state index in [2.05, 4.69) is 0 Å². The molecular formula is C24H18Cl2O2. The smallest absolute Gasteiger partial charge is 0.124 e. The Bertz CT molecular complexity index is 1140. The average molecular weight is 409 g/mol. The van der Waals surface area contributed by atoms with E-state index in [1.165, 1.54) is 0 Å². The van der Waals surface area contributed by atoms with Crippen molar-refractivity contribution in [3.8, 4) is 16.9 Å². The highest BCUT2D eigenvalue weighted by Gasteiger charge is 2.16. The summed E-state index contributed by atoms with van der Waals surface area (Å²) in [6.07, 6.45) is 0. The highest BCUT2D eigenvalue weighted by Crippen LogP contribution is 2.42. The first-order valence-electron chi connectivity index (χ1n) is 8.94. The number of fused-ring (bicyclic) bond motifs is 1. The normalized spacial score (nSPS) is 11.1. The maximum atomic E-state index is 10.6. The minimum absolute atomic E-state index is 0.197. The topological polar surface area (TPSA) is 29.5 Å². The van der Waals surface area contributed by atoms with Gasteiger partial charge in [-0.2, -0.15) is 0 Å². The number of phenolic OH excluding ortho intramolecular Hbond substituents is 1. The summed E-state index contributed by atoms with van der Waals surface area (Å²) >= 11 is 12.6. The van der Waals surface area contributed by atoms with E-state index in [1.807, 2.05) is 72.8 Å². The van der Waals surface area contributed by atoms with E-state index >= 15 is 0 Å². The van der Waals surface area contributed by atoms with Crippen LogP contribution in [0.15, 0.2) is 78.9 Å². The summed E-state index contributed by atoms with van der Waals surface area (Å²) in [4.78, 5) is 0. The van der Waals surface area contributed by atoms with Crippen molar-refractivity contribution in [2.24, 2.45) is 0 Å². The molecule has 0 aliphatic carbocycles. The summed E-state index contributed by atoms with van der Waals surface area (Å²) in [6.45, 7) is 0.805. The van der Waals surface area contributed by atoms with Crippen LogP contribution in [0.3, 0.4) is 0 Å². The minimum atomic E-state index is 0.197. The Balaban J connectivity index is 1.70. The Kier molecular flexibility index (Phi) is 5.54. The maximum absolute atomic E-state index is 10.6. The van der Waals surface area contributed by atoms with Gasteiger partial charge in [0.25, 0.3) is 0 Å². The Hall–Kier alpha value is -2.52. The van der Waals surface area contributed by atoms with E-state index < -0.39 is 0 Å². The SMILES string of the molecule is Oc1ccc2ccccc2c1-c1c(Cl)cccc1COCc1cccc(Cl)c1. The van der Waals surface area contributed by atoms with Crippen LogP contribution in [-0.4, -0.2) is 5.11 Å². The summed E-state index contributed by atoms with van der Waals surface area (Å²) in [5.74, 6) is 0.197. The number of hydrogen-bond donors (Lipinski definition) is 1.